The number of rotatable bonds is 4. The first kappa shape index (κ1) is 14.3. The molecule has 1 N–H and O–H groups in total. The summed E-state index contributed by atoms with van der Waals surface area (Å²) in [4.78, 5) is 1.78. The highest BCUT2D eigenvalue weighted by atomic mass is 19.3. The van der Waals surface area contributed by atoms with Crippen LogP contribution in [-0.4, -0.2) is 37.5 Å². The van der Waals surface area contributed by atoms with Gasteiger partial charge < -0.3 is 5.32 Å². The second-order valence-electron chi connectivity index (χ2n) is 4.57. The van der Waals surface area contributed by atoms with Crippen molar-refractivity contribution in [1.82, 2.24) is 10.2 Å². The van der Waals surface area contributed by atoms with Crippen LogP contribution in [0.4, 0.5) is 17.6 Å². The average molecular weight is 276 g/mol. The minimum absolute atomic E-state index is 0.0159. The smallest absolute Gasteiger partial charge is 0.240 e. The molecular formula is C13H16F4N2. The van der Waals surface area contributed by atoms with Gasteiger partial charge in [0.05, 0.1) is 0 Å². The number of halogens is 4. The zero-order valence-corrected chi connectivity index (χ0v) is 10.4. The third-order valence-electron chi connectivity index (χ3n) is 3.33. The van der Waals surface area contributed by atoms with Gasteiger partial charge in [-0.05, 0) is 6.07 Å². The van der Waals surface area contributed by atoms with Crippen molar-refractivity contribution < 1.29 is 17.6 Å². The summed E-state index contributed by atoms with van der Waals surface area (Å²) in [5.41, 5.74) is 0.0159. The minimum Gasteiger partial charge on any atom is -0.314 e. The zero-order valence-electron chi connectivity index (χ0n) is 10.4. The third-order valence-corrected chi connectivity index (χ3v) is 3.33. The Bertz CT molecular complexity index is 419. The monoisotopic (exact) mass is 276 g/mol. The molecule has 6 heteroatoms. The van der Waals surface area contributed by atoms with Gasteiger partial charge in [-0.1, -0.05) is 12.1 Å². The summed E-state index contributed by atoms with van der Waals surface area (Å²) >= 11 is 0. The molecule has 106 valence electrons. The van der Waals surface area contributed by atoms with Gasteiger partial charge in [0.2, 0.25) is 6.43 Å². The number of nitrogens with zero attached hydrogens (tertiary/aromatic N) is 1. The van der Waals surface area contributed by atoms with E-state index in [4.69, 9.17) is 0 Å². The van der Waals surface area contributed by atoms with E-state index >= 15 is 0 Å². The van der Waals surface area contributed by atoms with Gasteiger partial charge in [-0.3, -0.25) is 4.90 Å². The molecule has 2 nitrogen and oxygen atoms in total. The number of alkyl halides is 2. The van der Waals surface area contributed by atoms with Gasteiger partial charge in [0, 0.05) is 44.2 Å². The Hall–Kier alpha value is -1.14. The van der Waals surface area contributed by atoms with Crippen LogP contribution in [0.3, 0.4) is 0 Å². The van der Waals surface area contributed by atoms with E-state index in [0.29, 0.717) is 26.2 Å². The highest BCUT2D eigenvalue weighted by Crippen LogP contribution is 2.30. The molecule has 1 aromatic carbocycles. The normalized spacial score (nSPS) is 18.8. The van der Waals surface area contributed by atoms with E-state index in [1.807, 2.05) is 0 Å². The number of hydrogen-bond donors (Lipinski definition) is 1. The number of benzene rings is 1. The fraction of sp³-hybridized carbons (Fsp3) is 0.538. The summed E-state index contributed by atoms with van der Waals surface area (Å²) in [7, 11) is 0. The Morgan fingerprint density at radius 1 is 1.16 bits per heavy atom. The molecular weight excluding hydrogens is 260 g/mol. The highest BCUT2D eigenvalue weighted by Gasteiger charge is 2.28. The molecule has 1 aromatic rings. The maximum Gasteiger partial charge on any atom is 0.240 e. The number of hydrogen-bond acceptors (Lipinski definition) is 2. The fourth-order valence-corrected chi connectivity index (χ4v) is 2.41. The van der Waals surface area contributed by atoms with E-state index in [1.165, 1.54) is 12.1 Å². The van der Waals surface area contributed by atoms with Gasteiger partial charge in [-0.2, -0.15) is 0 Å². The standard InChI is InChI=1S/C13H16F4N2/c14-10-3-1-2-9(13(10)17)11(8-12(15)16)19-6-4-18-5-7-19/h1-3,11-12,18H,4-8H2/t11-/m1/s1. The van der Waals surface area contributed by atoms with Crippen LogP contribution in [0.25, 0.3) is 0 Å². The van der Waals surface area contributed by atoms with Crippen LogP contribution >= 0.6 is 0 Å². The predicted molar refractivity (Wildman–Crippen MR) is 64.2 cm³/mol. The lowest BCUT2D eigenvalue weighted by atomic mass is 10.0. The molecule has 0 aliphatic carbocycles. The van der Waals surface area contributed by atoms with Crippen molar-refractivity contribution in [3.8, 4) is 0 Å². The Kier molecular flexibility index (Phi) is 4.76. The summed E-state index contributed by atoms with van der Waals surface area (Å²) in [5, 5.41) is 3.10. The topological polar surface area (TPSA) is 15.3 Å². The quantitative estimate of drug-likeness (QED) is 0.850. The van der Waals surface area contributed by atoms with E-state index in [2.05, 4.69) is 5.32 Å². The molecule has 1 aliphatic heterocycles. The maximum absolute atomic E-state index is 13.8. The molecule has 19 heavy (non-hydrogen) atoms. The Balaban J connectivity index is 2.27. The molecule has 0 amide bonds. The SMILES string of the molecule is Fc1cccc([C@@H](CC(F)F)N2CCNCC2)c1F. The summed E-state index contributed by atoms with van der Waals surface area (Å²) in [6.07, 6.45) is -3.04. The summed E-state index contributed by atoms with van der Waals surface area (Å²) in [5.74, 6) is -2.02. The Morgan fingerprint density at radius 3 is 2.47 bits per heavy atom. The molecule has 1 heterocycles. The van der Waals surface area contributed by atoms with Gasteiger partial charge in [0.25, 0.3) is 0 Å². The van der Waals surface area contributed by atoms with Crippen LogP contribution in [-0.2, 0) is 0 Å². The summed E-state index contributed by atoms with van der Waals surface area (Å²) in [6, 6.07) is 2.95. The first-order chi connectivity index (χ1) is 9.09. The minimum atomic E-state index is -2.55. The first-order valence-electron chi connectivity index (χ1n) is 6.26. The predicted octanol–water partition coefficient (Wildman–Crippen LogP) is 2.57. The molecule has 0 spiro atoms. The molecule has 0 bridgehead atoms. The molecule has 1 saturated heterocycles. The van der Waals surface area contributed by atoms with Crippen LogP contribution in [0, 0.1) is 11.6 Å². The van der Waals surface area contributed by atoms with Crippen molar-refractivity contribution in [2.24, 2.45) is 0 Å². The van der Waals surface area contributed by atoms with E-state index in [0.717, 1.165) is 6.07 Å². The average Bonchev–Trinajstić information content (AvgIpc) is 2.40. The molecule has 1 aliphatic rings. The van der Waals surface area contributed by atoms with Crippen molar-refractivity contribution >= 4 is 0 Å². The van der Waals surface area contributed by atoms with Gasteiger partial charge in [-0.25, -0.2) is 17.6 Å². The molecule has 0 saturated carbocycles. The van der Waals surface area contributed by atoms with E-state index in [9.17, 15) is 17.6 Å². The van der Waals surface area contributed by atoms with Crippen LogP contribution < -0.4 is 5.32 Å². The highest BCUT2D eigenvalue weighted by molar-refractivity contribution is 5.23. The van der Waals surface area contributed by atoms with Crippen molar-refractivity contribution in [1.29, 1.82) is 0 Å². The van der Waals surface area contributed by atoms with Gasteiger partial charge >= 0.3 is 0 Å². The Labute approximate surface area is 109 Å². The van der Waals surface area contributed by atoms with Crippen LogP contribution in [0.15, 0.2) is 18.2 Å². The van der Waals surface area contributed by atoms with Gasteiger partial charge in [0.1, 0.15) is 0 Å². The van der Waals surface area contributed by atoms with Gasteiger partial charge in [-0.15, -0.1) is 0 Å². The second-order valence-corrected chi connectivity index (χ2v) is 4.57. The summed E-state index contributed by atoms with van der Waals surface area (Å²) in [6.45, 7) is 2.42. The maximum atomic E-state index is 13.8. The van der Waals surface area contributed by atoms with Crippen molar-refractivity contribution in [3.05, 3.63) is 35.4 Å². The third kappa shape index (κ3) is 3.45. The van der Waals surface area contributed by atoms with Crippen molar-refractivity contribution in [2.45, 2.75) is 18.9 Å². The number of nitrogens with one attached hydrogen (secondary N) is 1. The van der Waals surface area contributed by atoms with Gasteiger partial charge in [0.15, 0.2) is 11.6 Å². The fourth-order valence-electron chi connectivity index (χ4n) is 2.41. The zero-order chi connectivity index (χ0) is 13.8. The van der Waals surface area contributed by atoms with E-state index < -0.39 is 30.5 Å². The van der Waals surface area contributed by atoms with E-state index in [-0.39, 0.29) is 5.56 Å². The lowest BCUT2D eigenvalue weighted by molar-refractivity contribution is 0.0722. The largest absolute Gasteiger partial charge is 0.314 e. The second kappa shape index (κ2) is 6.34. The van der Waals surface area contributed by atoms with Crippen LogP contribution in [0.5, 0.6) is 0 Å². The van der Waals surface area contributed by atoms with Crippen LogP contribution in [0.2, 0.25) is 0 Å². The molecule has 0 unspecified atom stereocenters. The van der Waals surface area contributed by atoms with Crippen molar-refractivity contribution in [2.75, 3.05) is 26.2 Å². The molecule has 1 atom stereocenters. The van der Waals surface area contributed by atoms with E-state index in [1.54, 1.807) is 4.90 Å². The molecule has 2 rings (SSSR count). The van der Waals surface area contributed by atoms with Crippen LogP contribution in [0.1, 0.15) is 18.0 Å². The summed E-state index contributed by atoms with van der Waals surface area (Å²) < 4.78 is 52.4. The van der Waals surface area contributed by atoms with Crippen molar-refractivity contribution in [3.63, 3.8) is 0 Å². The number of piperazine rings is 1. The molecule has 0 aromatic heterocycles. The lowest BCUT2D eigenvalue weighted by Crippen LogP contribution is -2.45. The molecule has 1 fully saturated rings. The first-order valence-corrected chi connectivity index (χ1v) is 6.26. The lowest BCUT2D eigenvalue weighted by Gasteiger charge is -2.35. The Morgan fingerprint density at radius 2 is 1.84 bits per heavy atom. The molecule has 0 radical (unpaired) electrons.